The third kappa shape index (κ3) is 4.41. The van der Waals surface area contributed by atoms with Crippen molar-refractivity contribution in [1.82, 2.24) is 10.6 Å². The molecule has 0 spiro atoms. The number of nitrogens with one attached hydrogen (secondary N) is 2. The van der Waals surface area contributed by atoms with Crippen LogP contribution in [0.5, 0.6) is 0 Å². The molecule has 2 aromatic rings. The molecule has 6 heteroatoms. The summed E-state index contributed by atoms with van der Waals surface area (Å²) in [6.07, 6.45) is 3.20. The maximum atomic E-state index is 13.1. The second-order valence-corrected chi connectivity index (χ2v) is 8.36. The van der Waals surface area contributed by atoms with Crippen molar-refractivity contribution < 1.29 is 9.18 Å². The van der Waals surface area contributed by atoms with E-state index in [0.29, 0.717) is 19.0 Å². The molecule has 2 N–H and O–H groups in total. The lowest BCUT2D eigenvalue weighted by atomic mass is 9.96. The van der Waals surface area contributed by atoms with Crippen molar-refractivity contribution >= 4 is 23.3 Å². The van der Waals surface area contributed by atoms with Gasteiger partial charge in [-0.15, -0.1) is 0 Å². The highest BCUT2D eigenvalue weighted by Gasteiger charge is 2.44. The number of carbonyl (C=O) groups is 1. The van der Waals surface area contributed by atoms with Gasteiger partial charge in [-0.2, -0.15) is 0 Å². The van der Waals surface area contributed by atoms with Gasteiger partial charge in [-0.3, -0.25) is 0 Å². The van der Waals surface area contributed by atoms with Crippen LogP contribution >= 0.6 is 11.6 Å². The zero-order valence-electron chi connectivity index (χ0n) is 15.8. The fourth-order valence-corrected chi connectivity index (χ4v) is 4.08. The van der Waals surface area contributed by atoms with Crippen molar-refractivity contribution in [2.24, 2.45) is 5.92 Å². The van der Waals surface area contributed by atoms with Gasteiger partial charge < -0.3 is 15.5 Å². The smallest absolute Gasteiger partial charge is 0.314 e. The SMILES string of the molecule is O=C(NCC1CCN(c2ccc(F)cc2)C1)NCC1(c2ccc(Cl)cc2)CC1. The highest BCUT2D eigenvalue weighted by atomic mass is 35.5. The molecule has 4 nitrogen and oxygen atoms in total. The van der Waals surface area contributed by atoms with E-state index >= 15 is 0 Å². The molecule has 1 heterocycles. The van der Waals surface area contributed by atoms with Crippen molar-refractivity contribution in [3.63, 3.8) is 0 Å². The van der Waals surface area contributed by atoms with Crippen LogP contribution in [0, 0.1) is 11.7 Å². The van der Waals surface area contributed by atoms with Gasteiger partial charge in [0, 0.05) is 42.3 Å². The average molecular weight is 402 g/mol. The summed E-state index contributed by atoms with van der Waals surface area (Å²) in [6, 6.07) is 14.4. The van der Waals surface area contributed by atoms with E-state index in [9.17, 15) is 9.18 Å². The number of anilines is 1. The predicted molar refractivity (Wildman–Crippen MR) is 110 cm³/mol. The maximum absolute atomic E-state index is 13.1. The number of nitrogens with zero attached hydrogens (tertiary/aromatic N) is 1. The molecule has 1 saturated heterocycles. The van der Waals surface area contributed by atoms with Crippen LogP contribution in [0.2, 0.25) is 5.02 Å². The van der Waals surface area contributed by atoms with Crippen LogP contribution in [0.4, 0.5) is 14.9 Å². The molecule has 4 rings (SSSR count). The van der Waals surface area contributed by atoms with E-state index in [4.69, 9.17) is 11.6 Å². The molecule has 1 atom stereocenters. The van der Waals surface area contributed by atoms with Gasteiger partial charge >= 0.3 is 6.03 Å². The van der Waals surface area contributed by atoms with E-state index in [0.717, 1.165) is 43.1 Å². The summed E-state index contributed by atoms with van der Waals surface area (Å²) < 4.78 is 13.1. The first-order valence-electron chi connectivity index (χ1n) is 9.82. The summed E-state index contributed by atoms with van der Waals surface area (Å²) in [5.41, 5.74) is 2.34. The number of hydrogen-bond acceptors (Lipinski definition) is 2. The Balaban J connectivity index is 1.21. The third-order valence-electron chi connectivity index (χ3n) is 5.93. The molecule has 1 unspecified atom stereocenters. The number of rotatable bonds is 6. The molecule has 0 bridgehead atoms. The third-order valence-corrected chi connectivity index (χ3v) is 6.18. The van der Waals surface area contributed by atoms with Crippen molar-refractivity contribution in [1.29, 1.82) is 0 Å². The first-order chi connectivity index (χ1) is 13.5. The Bertz CT molecular complexity index is 821. The van der Waals surface area contributed by atoms with Crippen LogP contribution in [-0.4, -0.2) is 32.2 Å². The number of benzene rings is 2. The molecule has 2 aliphatic rings. The van der Waals surface area contributed by atoms with Crippen molar-refractivity contribution in [3.05, 3.63) is 64.9 Å². The first-order valence-corrected chi connectivity index (χ1v) is 10.2. The van der Waals surface area contributed by atoms with Gasteiger partial charge in [-0.25, -0.2) is 9.18 Å². The second-order valence-electron chi connectivity index (χ2n) is 7.93. The molecule has 28 heavy (non-hydrogen) atoms. The van der Waals surface area contributed by atoms with Crippen molar-refractivity contribution in [3.8, 4) is 0 Å². The highest BCUT2D eigenvalue weighted by Crippen LogP contribution is 2.47. The fraction of sp³-hybridized carbons (Fsp3) is 0.409. The number of hydrogen-bond donors (Lipinski definition) is 2. The van der Waals surface area contributed by atoms with Crippen LogP contribution in [0.15, 0.2) is 48.5 Å². The minimum atomic E-state index is -0.218. The molecule has 0 aromatic heterocycles. The molecular formula is C22H25ClFN3O. The summed E-state index contributed by atoms with van der Waals surface area (Å²) >= 11 is 5.97. The van der Waals surface area contributed by atoms with E-state index in [2.05, 4.69) is 27.7 Å². The minimum absolute atomic E-state index is 0.0642. The Morgan fingerprint density at radius 2 is 1.82 bits per heavy atom. The lowest BCUT2D eigenvalue weighted by molar-refractivity contribution is 0.238. The maximum Gasteiger partial charge on any atom is 0.314 e. The Morgan fingerprint density at radius 1 is 1.11 bits per heavy atom. The van der Waals surface area contributed by atoms with Crippen molar-refractivity contribution in [2.45, 2.75) is 24.7 Å². The van der Waals surface area contributed by atoms with E-state index in [-0.39, 0.29) is 17.3 Å². The molecule has 2 aromatic carbocycles. The van der Waals surface area contributed by atoms with Gasteiger partial charge in [-0.1, -0.05) is 23.7 Å². The van der Waals surface area contributed by atoms with Crippen LogP contribution in [0.3, 0.4) is 0 Å². The van der Waals surface area contributed by atoms with Gasteiger partial charge in [0.25, 0.3) is 0 Å². The Morgan fingerprint density at radius 3 is 2.50 bits per heavy atom. The van der Waals surface area contributed by atoms with Crippen LogP contribution in [-0.2, 0) is 5.41 Å². The van der Waals surface area contributed by atoms with Crippen LogP contribution < -0.4 is 15.5 Å². The molecule has 2 fully saturated rings. The number of halogens is 2. The fourth-order valence-electron chi connectivity index (χ4n) is 3.96. The second kappa shape index (κ2) is 8.00. The van der Waals surface area contributed by atoms with Gasteiger partial charge in [0.15, 0.2) is 0 Å². The van der Waals surface area contributed by atoms with Gasteiger partial charge in [0.05, 0.1) is 0 Å². The highest BCUT2D eigenvalue weighted by molar-refractivity contribution is 6.30. The lowest BCUT2D eigenvalue weighted by Gasteiger charge is -2.19. The van der Waals surface area contributed by atoms with Crippen molar-refractivity contribution in [2.75, 3.05) is 31.1 Å². The quantitative estimate of drug-likeness (QED) is 0.756. The number of urea groups is 1. The molecule has 1 aliphatic carbocycles. The predicted octanol–water partition coefficient (Wildman–Crippen LogP) is 4.34. The van der Waals surface area contributed by atoms with Gasteiger partial charge in [0.1, 0.15) is 5.82 Å². The molecular weight excluding hydrogens is 377 g/mol. The lowest BCUT2D eigenvalue weighted by Crippen LogP contribution is -2.42. The summed E-state index contributed by atoms with van der Waals surface area (Å²) in [5, 5.41) is 6.78. The summed E-state index contributed by atoms with van der Waals surface area (Å²) in [6.45, 7) is 3.10. The standard InChI is InChI=1S/C22H25ClFN3O/c23-18-3-1-17(2-4-18)22(10-11-22)15-26-21(28)25-13-16-9-12-27(14-16)20-7-5-19(24)6-8-20/h1-8,16H,9-15H2,(H2,25,26,28). The number of amides is 2. The average Bonchev–Trinajstić information content (AvgIpc) is 3.35. The summed E-state index contributed by atoms with van der Waals surface area (Å²) in [7, 11) is 0. The zero-order valence-corrected chi connectivity index (χ0v) is 16.5. The Kier molecular flexibility index (Phi) is 5.44. The topological polar surface area (TPSA) is 44.4 Å². The molecule has 1 saturated carbocycles. The van der Waals surface area contributed by atoms with E-state index < -0.39 is 0 Å². The Hall–Kier alpha value is -2.27. The molecule has 148 valence electrons. The minimum Gasteiger partial charge on any atom is -0.371 e. The van der Waals surface area contributed by atoms with Crippen LogP contribution in [0.25, 0.3) is 0 Å². The summed E-state index contributed by atoms with van der Waals surface area (Å²) in [5.74, 6) is 0.187. The van der Waals surface area contributed by atoms with E-state index in [1.807, 2.05) is 24.3 Å². The number of carbonyl (C=O) groups excluding carboxylic acids is 1. The monoisotopic (exact) mass is 401 g/mol. The van der Waals surface area contributed by atoms with Crippen LogP contribution in [0.1, 0.15) is 24.8 Å². The first kappa shape index (κ1) is 19.1. The molecule has 1 aliphatic heterocycles. The molecule has 0 radical (unpaired) electrons. The van der Waals surface area contributed by atoms with E-state index in [1.165, 1.54) is 17.7 Å². The normalized spacial score (nSPS) is 20.1. The van der Waals surface area contributed by atoms with Gasteiger partial charge in [-0.05, 0) is 67.1 Å². The largest absolute Gasteiger partial charge is 0.371 e. The zero-order chi connectivity index (χ0) is 19.6. The van der Waals surface area contributed by atoms with Gasteiger partial charge in [0.2, 0.25) is 0 Å². The van der Waals surface area contributed by atoms with E-state index in [1.54, 1.807) is 0 Å². The molecule has 2 amide bonds. The summed E-state index contributed by atoms with van der Waals surface area (Å²) in [4.78, 5) is 14.5. The Labute approximate surface area is 170 Å².